The zero-order chi connectivity index (χ0) is 21.6. The van der Waals surface area contributed by atoms with Gasteiger partial charge < -0.3 is 20.1 Å². The van der Waals surface area contributed by atoms with Crippen molar-refractivity contribution < 1.29 is 14.4 Å². The van der Waals surface area contributed by atoms with Crippen LogP contribution in [-0.4, -0.2) is 48.9 Å². The second-order valence-corrected chi connectivity index (χ2v) is 7.35. The van der Waals surface area contributed by atoms with Crippen LogP contribution in [0.15, 0.2) is 59.4 Å². The normalized spacial score (nSPS) is 16.3. The molecule has 0 amide bonds. The summed E-state index contributed by atoms with van der Waals surface area (Å²) in [5.74, 6) is 1.78. The zero-order valence-electron chi connectivity index (χ0n) is 17.1. The minimum atomic E-state index is -0.452. The Kier molecular flexibility index (Phi) is 6.32. The number of nitrogens with two attached hydrogens (primary N) is 1. The number of anilines is 1. The average Bonchev–Trinajstić information content (AvgIpc) is 3.29. The smallest absolute Gasteiger partial charge is 0.273 e. The van der Waals surface area contributed by atoms with E-state index < -0.39 is 4.92 Å². The molecule has 2 aliphatic heterocycles. The van der Waals surface area contributed by atoms with Gasteiger partial charge in [-0.1, -0.05) is 12.1 Å². The molecule has 0 aliphatic carbocycles. The number of likely N-dealkylation sites (tertiary alicyclic amines) is 1. The van der Waals surface area contributed by atoms with Gasteiger partial charge in [0.05, 0.1) is 16.7 Å². The molecular formula is C22H25N5O4. The van der Waals surface area contributed by atoms with Crippen molar-refractivity contribution in [1.29, 1.82) is 0 Å². The Bertz CT molecular complexity index is 1000. The molecule has 2 N–H and O–H groups in total. The number of ether oxygens (including phenoxy) is 2. The first-order chi connectivity index (χ1) is 15.1. The molecule has 0 radical (unpaired) electrons. The number of benzene rings is 2. The third-order valence-electron chi connectivity index (χ3n) is 5.26. The Hall–Kier alpha value is -3.59. The Balaban J connectivity index is 1.58. The van der Waals surface area contributed by atoms with E-state index in [2.05, 4.69) is 9.89 Å². The minimum Gasteiger partial charge on any atom is -0.488 e. The number of rotatable bonds is 8. The van der Waals surface area contributed by atoms with Gasteiger partial charge in [0.25, 0.3) is 5.69 Å². The monoisotopic (exact) mass is 423 g/mol. The van der Waals surface area contributed by atoms with Gasteiger partial charge in [-0.3, -0.25) is 20.0 Å². The maximum Gasteiger partial charge on any atom is 0.273 e. The molecule has 2 aliphatic rings. The van der Waals surface area contributed by atoms with Crippen LogP contribution in [0.1, 0.15) is 12.8 Å². The fraction of sp³-hybridized carbons (Fsp3) is 0.318. The lowest BCUT2D eigenvalue weighted by atomic mass is 10.2. The van der Waals surface area contributed by atoms with Crippen LogP contribution in [0.3, 0.4) is 0 Å². The number of aliphatic imine (C=N–C) groups is 1. The van der Waals surface area contributed by atoms with Crippen LogP contribution in [0.2, 0.25) is 0 Å². The Labute approximate surface area is 180 Å². The third kappa shape index (κ3) is 4.95. The van der Waals surface area contributed by atoms with Gasteiger partial charge in [-0.25, -0.2) is 0 Å². The standard InChI is InChI=1S/C22H25N5O4/c23-22-9-10-24-16-26(22)18-5-1-2-6-19(18)31-21-15-17(27(28)29)7-8-20(21)30-14-13-25-11-3-4-12-25/h1-2,5-10,15H,3-4,11-14,16,23H2. The molecule has 0 unspecified atom stereocenters. The number of non-ortho nitro benzene ring substituents is 1. The average molecular weight is 423 g/mol. The Morgan fingerprint density at radius 3 is 2.68 bits per heavy atom. The van der Waals surface area contributed by atoms with Crippen molar-refractivity contribution >= 4 is 17.6 Å². The summed E-state index contributed by atoms with van der Waals surface area (Å²) in [6, 6.07) is 11.7. The second kappa shape index (κ2) is 9.48. The quantitative estimate of drug-likeness (QED) is 0.511. The lowest BCUT2D eigenvalue weighted by Gasteiger charge is -2.26. The van der Waals surface area contributed by atoms with Crippen LogP contribution in [0, 0.1) is 10.1 Å². The highest BCUT2D eigenvalue weighted by Gasteiger charge is 2.20. The van der Waals surface area contributed by atoms with Crippen molar-refractivity contribution in [3.05, 3.63) is 64.5 Å². The van der Waals surface area contributed by atoms with Crippen molar-refractivity contribution in [2.75, 3.05) is 37.8 Å². The first-order valence-corrected chi connectivity index (χ1v) is 10.3. The first kappa shape index (κ1) is 20.7. The van der Waals surface area contributed by atoms with Gasteiger partial charge in [0.1, 0.15) is 19.1 Å². The summed E-state index contributed by atoms with van der Waals surface area (Å²) < 4.78 is 12.1. The molecule has 9 nitrogen and oxygen atoms in total. The predicted octanol–water partition coefficient (Wildman–Crippen LogP) is 3.51. The van der Waals surface area contributed by atoms with Crippen LogP contribution in [0.25, 0.3) is 0 Å². The first-order valence-electron chi connectivity index (χ1n) is 10.3. The van der Waals surface area contributed by atoms with Gasteiger partial charge in [0.15, 0.2) is 17.2 Å². The SMILES string of the molecule is NC1=CC=NCN1c1ccccc1Oc1cc([N+](=O)[O-])ccc1OCCN1CCCC1. The number of nitro groups is 1. The molecule has 2 aromatic carbocycles. The molecule has 1 saturated heterocycles. The molecule has 9 heteroatoms. The minimum absolute atomic E-state index is 0.0682. The molecule has 0 atom stereocenters. The van der Waals surface area contributed by atoms with Gasteiger partial charge in [0, 0.05) is 18.8 Å². The molecule has 2 aromatic rings. The second-order valence-electron chi connectivity index (χ2n) is 7.35. The van der Waals surface area contributed by atoms with Crippen LogP contribution in [0.5, 0.6) is 17.2 Å². The molecule has 2 heterocycles. The molecule has 162 valence electrons. The molecule has 31 heavy (non-hydrogen) atoms. The van der Waals surface area contributed by atoms with Crippen molar-refractivity contribution in [1.82, 2.24) is 4.90 Å². The van der Waals surface area contributed by atoms with Gasteiger partial charge in [0.2, 0.25) is 0 Å². The third-order valence-corrected chi connectivity index (χ3v) is 5.26. The van der Waals surface area contributed by atoms with E-state index in [1.165, 1.54) is 25.0 Å². The molecular weight excluding hydrogens is 398 g/mol. The van der Waals surface area contributed by atoms with E-state index in [1.54, 1.807) is 29.3 Å². The van der Waals surface area contributed by atoms with Gasteiger partial charge in [-0.05, 0) is 50.2 Å². The summed E-state index contributed by atoms with van der Waals surface area (Å²) in [5, 5.41) is 11.3. The van der Waals surface area contributed by atoms with Crippen molar-refractivity contribution in [2.45, 2.75) is 12.8 Å². The number of allylic oxidation sites excluding steroid dienone is 1. The summed E-state index contributed by atoms with van der Waals surface area (Å²) in [7, 11) is 0. The van der Waals surface area contributed by atoms with E-state index >= 15 is 0 Å². The van der Waals surface area contributed by atoms with E-state index in [-0.39, 0.29) is 11.4 Å². The van der Waals surface area contributed by atoms with Crippen LogP contribution in [0.4, 0.5) is 11.4 Å². The van der Waals surface area contributed by atoms with E-state index in [0.717, 1.165) is 19.6 Å². The lowest BCUT2D eigenvalue weighted by molar-refractivity contribution is -0.384. The zero-order valence-corrected chi connectivity index (χ0v) is 17.1. The van der Waals surface area contributed by atoms with Crippen molar-refractivity contribution in [3.63, 3.8) is 0 Å². The summed E-state index contributed by atoms with van der Waals surface area (Å²) in [4.78, 5) is 19.2. The van der Waals surface area contributed by atoms with Gasteiger partial charge in [-0.2, -0.15) is 0 Å². The Morgan fingerprint density at radius 1 is 1.10 bits per heavy atom. The van der Waals surface area contributed by atoms with E-state index in [1.807, 2.05) is 18.2 Å². The van der Waals surface area contributed by atoms with Crippen LogP contribution in [-0.2, 0) is 0 Å². The summed E-state index contributed by atoms with van der Waals surface area (Å²) in [5.41, 5.74) is 6.76. The highest BCUT2D eigenvalue weighted by molar-refractivity contribution is 5.77. The lowest BCUT2D eigenvalue weighted by Crippen LogP contribution is -2.30. The molecule has 0 bridgehead atoms. The number of nitrogens with zero attached hydrogens (tertiary/aromatic N) is 4. The maximum absolute atomic E-state index is 11.3. The van der Waals surface area contributed by atoms with E-state index in [0.29, 0.717) is 36.3 Å². The molecule has 4 rings (SSSR count). The maximum atomic E-state index is 11.3. The molecule has 1 fully saturated rings. The highest BCUT2D eigenvalue weighted by atomic mass is 16.6. The number of hydrogen-bond acceptors (Lipinski definition) is 8. The number of hydrogen-bond donors (Lipinski definition) is 1. The van der Waals surface area contributed by atoms with Crippen LogP contribution >= 0.6 is 0 Å². The fourth-order valence-electron chi connectivity index (χ4n) is 3.63. The van der Waals surface area contributed by atoms with Crippen molar-refractivity contribution in [2.24, 2.45) is 10.7 Å². The summed E-state index contributed by atoms with van der Waals surface area (Å²) >= 11 is 0. The molecule has 0 spiro atoms. The molecule has 0 saturated carbocycles. The summed E-state index contributed by atoms with van der Waals surface area (Å²) in [6.07, 6.45) is 5.78. The predicted molar refractivity (Wildman–Crippen MR) is 119 cm³/mol. The van der Waals surface area contributed by atoms with Crippen LogP contribution < -0.4 is 20.1 Å². The van der Waals surface area contributed by atoms with Crippen molar-refractivity contribution in [3.8, 4) is 17.2 Å². The van der Waals surface area contributed by atoms with E-state index in [4.69, 9.17) is 15.2 Å². The number of nitro benzene ring substituents is 1. The Morgan fingerprint density at radius 2 is 1.90 bits per heavy atom. The van der Waals surface area contributed by atoms with Gasteiger partial charge in [-0.15, -0.1) is 0 Å². The van der Waals surface area contributed by atoms with Gasteiger partial charge >= 0.3 is 0 Å². The largest absolute Gasteiger partial charge is 0.488 e. The van der Waals surface area contributed by atoms with E-state index in [9.17, 15) is 10.1 Å². The molecule has 0 aromatic heterocycles. The number of para-hydroxylation sites is 2. The fourth-order valence-corrected chi connectivity index (χ4v) is 3.63. The topological polar surface area (TPSA) is 106 Å². The summed E-state index contributed by atoms with van der Waals surface area (Å²) in [6.45, 7) is 3.80. The highest BCUT2D eigenvalue weighted by Crippen LogP contribution is 2.39.